The molecule has 0 atom stereocenters. The van der Waals surface area contributed by atoms with Gasteiger partial charge in [-0.15, -0.1) is 0 Å². The summed E-state index contributed by atoms with van der Waals surface area (Å²) in [6.45, 7) is 7.28. The van der Waals surface area contributed by atoms with Gasteiger partial charge in [0.15, 0.2) is 0 Å². The van der Waals surface area contributed by atoms with Crippen LogP contribution >= 0.6 is 11.6 Å². The van der Waals surface area contributed by atoms with Gasteiger partial charge in [-0.1, -0.05) is 62.7 Å². The highest BCUT2D eigenvalue weighted by Gasteiger charge is 2.10. The van der Waals surface area contributed by atoms with E-state index in [0.29, 0.717) is 5.92 Å². The minimum absolute atomic E-state index is 0.643. The Morgan fingerprint density at radius 1 is 1.05 bits per heavy atom. The van der Waals surface area contributed by atoms with E-state index < -0.39 is 0 Å². The molecule has 0 amide bonds. The van der Waals surface area contributed by atoms with Gasteiger partial charge in [-0.25, -0.2) is 0 Å². The maximum atomic E-state index is 6.44. The first-order valence-corrected chi connectivity index (χ1v) is 8.00. The normalized spacial score (nSPS) is 10.9. The zero-order chi connectivity index (χ0) is 15.2. The first kappa shape index (κ1) is 15.9. The Morgan fingerprint density at radius 3 is 2.48 bits per heavy atom. The van der Waals surface area contributed by atoms with E-state index in [2.05, 4.69) is 39.0 Å². The Bertz CT molecular complexity index is 590. The third kappa shape index (κ3) is 4.25. The van der Waals surface area contributed by atoms with Gasteiger partial charge in [-0.2, -0.15) is 0 Å². The second-order valence-corrected chi connectivity index (χ2v) is 6.10. The molecule has 112 valence electrons. The van der Waals surface area contributed by atoms with Crippen LogP contribution in [0.25, 0.3) is 11.1 Å². The largest absolute Gasteiger partial charge is 0.493 e. The molecule has 0 spiro atoms. The van der Waals surface area contributed by atoms with E-state index in [0.717, 1.165) is 41.3 Å². The molecule has 0 N–H and O–H groups in total. The lowest BCUT2D eigenvalue weighted by molar-refractivity contribution is 0.290. The summed E-state index contributed by atoms with van der Waals surface area (Å²) in [5.74, 6) is 1.55. The number of benzene rings is 2. The van der Waals surface area contributed by atoms with Gasteiger partial charge in [0, 0.05) is 16.1 Å². The number of hydrogen-bond acceptors (Lipinski definition) is 1. The summed E-state index contributed by atoms with van der Waals surface area (Å²) in [5, 5.41) is 0.786. The minimum atomic E-state index is 0.643. The molecule has 0 fully saturated rings. The zero-order valence-corrected chi connectivity index (χ0v) is 13.8. The summed E-state index contributed by atoms with van der Waals surface area (Å²) in [6.07, 6.45) is 2.05. The summed E-state index contributed by atoms with van der Waals surface area (Å²) in [6, 6.07) is 14.4. The standard InChI is InChI=1S/C19H23ClO/c1-4-15-9-10-16(18(20)13-15)17-7-5-6-8-19(17)21-12-11-14(2)3/h5-10,13-14H,4,11-12H2,1-3H3. The number of para-hydroxylation sites is 1. The first-order valence-electron chi connectivity index (χ1n) is 7.62. The van der Waals surface area contributed by atoms with Gasteiger partial charge in [-0.3, -0.25) is 0 Å². The number of halogens is 1. The minimum Gasteiger partial charge on any atom is -0.493 e. The van der Waals surface area contributed by atoms with Crippen molar-refractivity contribution in [1.29, 1.82) is 0 Å². The van der Waals surface area contributed by atoms with Crippen molar-refractivity contribution in [2.45, 2.75) is 33.6 Å². The molecular formula is C19H23ClO. The number of ether oxygens (including phenoxy) is 1. The van der Waals surface area contributed by atoms with Gasteiger partial charge in [0.25, 0.3) is 0 Å². The van der Waals surface area contributed by atoms with Crippen molar-refractivity contribution in [3.05, 3.63) is 53.1 Å². The van der Waals surface area contributed by atoms with Crippen LogP contribution in [-0.2, 0) is 6.42 Å². The topological polar surface area (TPSA) is 9.23 Å². The molecule has 0 aromatic heterocycles. The lowest BCUT2D eigenvalue weighted by Crippen LogP contribution is -2.02. The molecule has 0 aliphatic rings. The molecule has 0 radical (unpaired) electrons. The van der Waals surface area contributed by atoms with Gasteiger partial charge >= 0.3 is 0 Å². The predicted molar refractivity (Wildman–Crippen MR) is 91.2 cm³/mol. The van der Waals surface area contributed by atoms with Gasteiger partial charge < -0.3 is 4.74 Å². The van der Waals surface area contributed by atoms with Crippen molar-refractivity contribution < 1.29 is 4.74 Å². The fraction of sp³-hybridized carbons (Fsp3) is 0.368. The second kappa shape index (κ2) is 7.51. The molecule has 21 heavy (non-hydrogen) atoms. The van der Waals surface area contributed by atoms with Crippen LogP contribution in [0.5, 0.6) is 5.75 Å². The molecule has 0 saturated carbocycles. The highest BCUT2D eigenvalue weighted by molar-refractivity contribution is 6.33. The molecular weight excluding hydrogens is 280 g/mol. The van der Waals surface area contributed by atoms with E-state index in [1.54, 1.807) is 0 Å². The highest BCUT2D eigenvalue weighted by Crippen LogP contribution is 2.35. The molecule has 2 aromatic rings. The lowest BCUT2D eigenvalue weighted by Gasteiger charge is -2.14. The van der Waals surface area contributed by atoms with Crippen LogP contribution in [0.15, 0.2) is 42.5 Å². The fourth-order valence-electron chi connectivity index (χ4n) is 2.22. The van der Waals surface area contributed by atoms with Crippen molar-refractivity contribution in [2.75, 3.05) is 6.61 Å². The van der Waals surface area contributed by atoms with Crippen LogP contribution in [0, 0.1) is 5.92 Å². The molecule has 0 unspecified atom stereocenters. The third-order valence-electron chi connectivity index (χ3n) is 3.57. The van der Waals surface area contributed by atoms with Crippen LogP contribution < -0.4 is 4.74 Å². The quantitative estimate of drug-likeness (QED) is 0.636. The highest BCUT2D eigenvalue weighted by atomic mass is 35.5. The lowest BCUT2D eigenvalue weighted by atomic mass is 10.0. The van der Waals surface area contributed by atoms with Crippen molar-refractivity contribution in [2.24, 2.45) is 5.92 Å². The monoisotopic (exact) mass is 302 g/mol. The summed E-state index contributed by atoms with van der Waals surface area (Å²) < 4.78 is 5.96. The first-order chi connectivity index (χ1) is 10.1. The van der Waals surface area contributed by atoms with E-state index in [1.165, 1.54) is 5.56 Å². The van der Waals surface area contributed by atoms with Gasteiger partial charge in [0.05, 0.1) is 6.61 Å². The molecule has 2 rings (SSSR count). The molecule has 0 aliphatic heterocycles. The number of hydrogen-bond donors (Lipinski definition) is 0. The smallest absolute Gasteiger partial charge is 0.127 e. The van der Waals surface area contributed by atoms with Gasteiger partial charge in [-0.05, 0) is 36.5 Å². The Hall–Kier alpha value is -1.47. The average Bonchev–Trinajstić information content (AvgIpc) is 2.47. The maximum Gasteiger partial charge on any atom is 0.127 e. The Balaban J connectivity index is 2.27. The van der Waals surface area contributed by atoms with Crippen LogP contribution in [0.1, 0.15) is 32.8 Å². The second-order valence-electron chi connectivity index (χ2n) is 5.69. The van der Waals surface area contributed by atoms with Crippen molar-refractivity contribution in [3.63, 3.8) is 0 Å². The van der Waals surface area contributed by atoms with Crippen molar-refractivity contribution >= 4 is 11.6 Å². The van der Waals surface area contributed by atoms with E-state index in [9.17, 15) is 0 Å². The maximum absolute atomic E-state index is 6.44. The summed E-state index contributed by atoms with van der Waals surface area (Å²) in [7, 11) is 0. The van der Waals surface area contributed by atoms with Crippen LogP contribution in [0.2, 0.25) is 5.02 Å². The van der Waals surface area contributed by atoms with Crippen LogP contribution in [0.3, 0.4) is 0 Å². The van der Waals surface area contributed by atoms with E-state index in [4.69, 9.17) is 16.3 Å². The van der Waals surface area contributed by atoms with E-state index in [1.807, 2.05) is 24.3 Å². The third-order valence-corrected chi connectivity index (χ3v) is 3.88. The van der Waals surface area contributed by atoms with E-state index in [-0.39, 0.29) is 0 Å². The van der Waals surface area contributed by atoms with Gasteiger partial charge in [0.1, 0.15) is 5.75 Å². The molecule has 0 heterocycles. The molecule has 2 aromatic carbocycles. The van der Waals surface area contributed by atoms with E-state index >= 15 is 0 Å². The van der Waals surface area contributed by atoms with Crippen LogP contribution in [0.4, 0.5) is 0 Å². The Morgan fingerprint density at radius 2 is 1.81 bits per heavy atom. The SMILES string of the molecule is CCc1ccc(-c2ccccc2OCCC(C)C)c(Cl)c1. The zero-order valence-electron chi connectivity index (χ0n) is 13.0. The van der Waals surface area contributed by atoms with Gasteiger partial charge in [0.2, 0.25) is 0 Å². The Labute approximate surface area is 132 Å². The van der Waals surface area contributed by atoms with Crippen molar-refractivity contribution in [3.8, 4) is 16.9 Å². The van der Waals surface area contributed by atoms with Crippen LogP contribution in [-0.4, -0.2) is 6.61 Å². The number of aryl methyl sites for hydroxylation is 1. The fourth-order valence-corrected chi connectivity index (χ4v) is 2.52. The molecule has 1 nitrogen and oxygen atoms in total. The molecule has 2 heteroatoms. The van der Waals surface area contributed by atoms with Crippen molar-refractivity contribution in [1.82, 2.24) is 0 Å². The average molecular weight is 303 g/mol. The summed E-state index contributed by atoms with van der Waals surface area (Å²) in [4.78, 5) is 0. The molecule has 0 bridgehead atoms. The number of rotatable bonds is 6. The molecule has 0 saturated heterocycles. The summed E-state index contributed by atoms with van der Waals surface area (Å²) >= 11 is 6.44. The summed E-state index contributed by atoms with van der Waals surface area (Å²) in [5.41, 5.74) is 3.35. The Kier molecular flexibility index (Phi) is 5.69. The predicted octanol–water partition coefficient (Wildman–Crippen LogP) is 5.99. The molecule has 0 aliphatic carbocycles.